The van der Waals surface area contributed by atoms with Crippen molar-refractivity contribution in [3.63, 3.8) is 0 Å². The molecule has 1 saturated heterocycles. The van der Waals surface area contributed by atoms with Gasteiger partial charge in [-0.1, -0.05) is 12.1 Å². The van der Waals surface area contributed by atoms with E-state index in [0.29, 0.717) is 5.54 Å². The molecule has 0 amide bonds. The summed E-state index contributed by atoms with van der Waals surface area (Å²) in [6.07, 6.45) is 14.9. The molecule has 5 fully saturated rings. The molecule has 1 aromatic rings. The van der Waals surface area contributed by atoms with Gasteiger partial charge in [0.2, 0.25) is 0 Å². The molecule has 4 heteroatoms. The summed E-state index contributed by atoms with van der Waals surface area (Å²) < 4.78 is 4.94. The Labute approximate surface area is 151 Å². The molecule has 4 aliphatic carbocycles. The summed E-state index contributed by atoms with van der Waals surface area (Å²) in [5, 5.41) is 0. The monoisotopic (exact) mass is 306 g/mol. The SMILES string of the molecule is C(=NC12CC3CC(CC(C3)C1)C2)c1ccc[n-]1.C1CCOC1.[Li+]. The number of aromatic nitrogens is 1. The van der Waals surface area contributed by atoms with Gasteiger partial charge in [0.1, 0.15) is 0 Å². The molecular formula is C19H27LiN2O. The molecule has 1 aliphatic heterocycles. The molecule has 6 rings (SSSR count). The van der Waals surface area contributed by atoms with Gasteiger partial charge in [-0.3, -0.25) is 4.99 Å². The maximum Gasteiger partial charge on any atom is 1.00 e. The van der Waals surface area contributed by atoms with Crippen LogP contribution in [0.2, 0.25) is 0 Å². The smallest absolute Gasteiger partial charge is 0.663 e. The minimum absolute atomic E-state index is 0. The molecule has 0 N–H and O–H groups in total. The van der Waals surface area contributed by atoms with Crippen LogP contribution in [0.3, 0.4) is 0 Å². The molecule has 0 atom stereocenters. The standard InChI is InChI=1S/C15H19N2.C4H8O.Li/c1-2-14(16-3-1)10-17-15-7-11-4-12(8-15)6-13(5-11)9-15;1-2-4-5-3-1;/h1-3,10-13H,4-9H2;1-4H2;/q-1;;+1. The number of ether oxygens (including phenoxy) is 1. The third kappa shape index (κ3) is 4.13. The van der Waals surface area contributed by atoms with Crippen LogP contribution in [-0.2, 0) is 4.74 Å². The summed E-state index contributed by atoms with van der Waals surface area (Å²) in [7, 11) is 0. The fraction of sp³-hybridized carbons (Fsp3) is 0.737. The molecule has 4 bridgehead atoms. The number of hydrogen-bond acceptors (Lipinski definition) is 2. The zero-order valence-corrected chi connectivity index (χ0v) is 14.4. The van der Waals surface area contributed by atoms with Crippen LogP contribution in [0.1, 0.15) is 57.1 Å². The van der Waals surface area contributed by atoms with Crippen LogP contribution in [-0.4, -0.2) is 25.0 Å². The third-order valence-corrected chi connectivity index (χ3v) is 5.88. The van der Waals surface area contributed by atoms with Crippen LogP contribution in [0, 0.1) is 17.8 Å². The first-order chi connectivity index (χ1) is 10.8. The Morgan fingerprint density at radius 3 is 2.09 bits per heavy atom. The summed E-state index contributed by atoms with van der Waals surface area (Å²) >= 11 is 0. The van der Waals surface area contributed by atoms with Crippen LogP contribution in [0.5, 0.6) is 0 Å². The summed E-state index contributed by atoms with van der Waals surface area (Å²) in [4.78, 5) is 9.25. The summed E-state index contributed by atoms with van der Waals surface area (Å²) in [5.41, 5.74) is 1.33. The van der Waals surface area contributed by atoms with Gasteiger partial charge in [-0.25, -0.2) is 0 Å². The molecule has 3 nitrogen and oxygen atoms in total. The van der Waals surface area contributed by atoms with Crippen molar-refractivity contribution in [2.45, 2.75) is 56.9 Å². The van der Waals surface area contributed by atoms with Gasteiger partial charge >= 0.3 is 18.9 Å². The molecule has 2 heterocycles. The van der Waals surface area contributed by atoms with E-state index in [4.69, 9.17) is 9.73 Å². The molecule has 0 aromatic carbocycles. The van der Waals surface area contributed by atoms with E-state index in [0.717, 1.165) is 36.7 Å². The number of rotatable bonds is 2. The first-order valence-corrected chi connectivity index (χ1v) is 9.02. The van der Waals surface area contributed by atoms with Gasteiger partial charge in [-0.2, -0.15) is 6.20 Å². The molecular weight excluding hydrogens is 279 g/mol. The Kier molecular flexibility index (Phi) is 5.72. The molecule has 0 spiro atoms. The van der Waals surface area contributed by atoms with Crippen LogP contribution < -0.4 is 23.8 Å². The van der Waals surface area contributed by atoms with Crippen molar-refractivity contribution in [1.82, 2.24) is 4.98 Å². The van der Waals surface area contributed by atoms with E-state index in [9.17, 15) is 0 Å². The fourth-order valence-corrected chi connectivity index (χ4v) is 5.33. The van der Waals surface area contributed by atoms with Gasteiger partial charge in [0.15, 0.2) is 0 Å². The quantitative estimate of drug-likeness (QED) is 0.599. The third-order valence-electron chi connectivity index (χ3n) is 5.88. The van der Waals surface area contributed by atoms with Crippen LogP contribution >= 0.6 is 0 Å². The van der Waals surface area contributed by atoms with E-state index in [1.165, 1.54) is 51.4 Å². The number of aliphatic imine (C=N–C) groups is 1. The maximum absolute atomic E-state index is 4.97. The first kappa shape index (κ1) is 17.3. The van der Waals surface area contributed by atoms with Gasteiger partial charge in [-0.15, -0.1) is 5.69 Å². The maximum atomic E-state index is 4.97. The molecule has 5 aliphatic rings. The predicted molar refractivity (Wildman–Crippen MR) is 88.3 cm³/mol. The fourth-order valence-electron chi connectivity index (χ4n) is 5.33. The van der Waals surface area contributed by atoms with E-state index in [1.54, 1.807) is 0 Å². The van der Waals surface area contributed by atoms with Crippen LogP contribution in [0.4, 0.5) is 0 Å². The second-order valence-corrected chi connectivity index (χ2v) is 7.78. The molecule has 0 unspecified atom stereocenters. The summed E-state index contributed by atoms with van der Waals surface area (Å²) in [6, 6.07) is 4.03. The van der Waals surface area contributed by atoms with E-state index >= 15 is 0 Å². The van der Waals surface area contributed by atoms with Gasteiger partial charge in [0.25, 0.3) is 0 Å². The average molecular weight is 306 g/mol. The largest absolute Gasteiger partial charge is 1.00 e. The molecule has 0 radical (unpaired) electrons. The van der Waals surface area contributed by atoms with Gasteiger partial charge < -0.3 is 9.72 Å². The average Bonchev–Trinajstić information content (AvgIpc) is 3.21. The Morgan fingerprint density at radius 1 is 1.04 bits per heavy atom. The second-order valence-electron chi connectivity index (χ2n) is 7.78. The van der Waals surface area contributed by atoms with Gasteiger partial charge in [-0.05, 0) is 69.1 Å². The Bertz CT molecular complexity index is 465. The Morgan fingerprint density at radius 2 is 1.65 bits per heavy atom. The molecule has 120 valence electrons. The van der Waals surface area contributed by atoms with Crippen molar-refractivity contribution in [2.75, 3.05) is 13.2 Å². The van der Waals surface area contributed by atoms with Crippen molar-refractivity contribution < 1.29 is 23.6 Å². The van der Waals surface area contributed by atoms with Crippen molar-refractivity contribution in [2.24, 2.45) is 22.7 Å². The minimum Gasteiger partial charge on any atom is -0.663 e. The first-order valence-electron chi connectivity index (χ1n) is 9.02. The van der Waals surface area contributed by atoms with Crippen molar-refractivity contribution in [3.05, 3.63) is 24.0 Å². The van der Waals surface area contributed by atoms with E-state index in [1.807, 2.05) is 24.5 Å². The molecule has 1 aromatic heterocycles. The van der Waals surface area contributed by atoms with E-state index in [2.05, 4.69) is 4.98 Å². The van der Waals surface area contributed by atoms with E-state index in [-0.39, 0.29) is 18.9 Å². The zero-order valence-electron chi connectivity index (χ0n) is 14.4. The predicted octanol–water partition coefficient (Wildman–Crippen LogP) is 0.832. The summed E-state index contributed by atoms with van der Waals surface area (Å²) in [6.45, 7) is 2.00. The Hall–Kier alpha value is -0.493. The number of hydrogen-bond donors (Lipinski definition) is 0. The molecule has 23 heavy (non-hydrogen) atoms. The topological polar surface area (TPSA) is 35.7 Å². The normalized spacial score (nSPS) is 37.5. The van der Waals surface area contributed by atoms with Crippen LogP contribution in [0.25, 0.3) is 0 Å². The second kappa shape index (κ2) is 7.60. The summed E-state index contributed by atoms with van der Waals surface area (Å²) in [5.74, 6) is 2.93. The number of nitrogens with zero attached hydrogens (tertiary/aromatic N) is 2. The van der Waals surface area contributed by atoms with Crippen molar-refractivity contribution >= 4 is 6.21 Å². The van der Waals surface area contributed by atoms with Crippen molar-refractivity contribution in [3.8, 4) is 0 Å². The zero-order chi connectivity index (χ0) is 14.8. The van der Waals surface area contributed by atoms with Gasteiger partial charge in [0, 0.05) is 19.4 Å². The Balaban J connectivity index is 0.000000226. The van der Waals surface area contributed by atoms with Crippen LogP contribution in [0.15, 0.2) is 23.3 Å². The minimum atomic E-state index is 0. The van der Waals surface area contributed by atoms with Crippen molar-refractivity contribution in [1.29, 1.82) is 0 Å². The van der Waals surface area contributed by atoms with E-state index < -0.39 is 0 Å². The van der Waals surface area contributed by atoms with Gasteiger partial charge in [0.05, 0.1) is 5.54 Å². The molecule has 4 saturated carbocycles.